The minimum Gasteiger partial charge on any atom is -0.480 e. The van der Waals surface area contributed by atoms with Crippen LogP contribution in [0.4, 0.5) is 0 Å². The van der Waals surface area contributed by atoms with Crippen molar-refractivity contribution in [3.63, 3.8) is 0 Å². The van der Waals surface area contributed by atoms with Crippen LogP contribution in [0.25, 0.3) is 0 Å². The fourth-order valence-corrected chi connectivity index (χ4v) is 3.17. The highest BCUT2D eigenvalue weighted by molar-refractivity contribution is 5.93. The second-order valence-electron chi connectivity index (χ2n) is 8.22. The van der Waals surface area contributed by atoms with Gasteiger partial charge in [0.2, 0.25) is 29.5 Å². The average Bonchev–Trinajstić information content (AvgIpc) is 2.90. The van der Waals surface area contributed by atoms with Crippen molar-refractivity contribution in [1.82, 2.24) is 31.9 Å². The molecule has 1 aromatic rings. The zero-order valence-electron chi connectivity index (χ0n) is 21.2. The van der Waals surface area contributed by atoms with Gasteiger partial charge in [0.15, 0.2) is 5.96 Å². The van der Waals surface area contributed by atoms with Gasteiger partial charge in [-0.2, -0.15) is 0 Å². The molecule has 5 amide bonds. The van der Waals surface area contributed by atoms with Gasteiger partial charge in [-0.3, -0.25) is 34.2 Å². The molecule has 214 valence electrons. The molecule has 1 aromatic carbocycles. The minimum atomic E-state index is -1.25. The summed E-state index contributed by atoms with van der Waals surface area (Å²) in [5.41, 5.74) is 11.2. The molecule has 12 N–H and O–H groups in total. The van der Waals surface area contributed by atoms with Crippen LogP contribution in [0.5, 0.6) is 0 Å². The maximum absolute atomic E-state index is 12.5. The van der Waals surface area contributed by atoms with Crippen molar-refractivity contribution >= 4 is 41.5 Å². The monoisotopic (exact) mass is 549 g/mol. The quantitative estimate of drug-likeness (QED) is 0.0509. The van der Waals surface area contributed by atoms with Crippen LogP contribution >= 0.6 is 0 Å². The average molecular weight is 550 g/mol. The lowest BCUT2D eigenvalue weighted by Gasteiger charge is -2.19. The van der Waals surface area contributed by atoms with E-state index in [2.05, 4.69) is 31.9 Å². The number of hydrogen-bond donors (Lipinski definition) is 10. The molecule has 0 spiro atoms. The number of nitrogens with one attached hydrogen (secondary N) is 7. The number of nitrogens with two attached hydrogens (primary N) is 2. The number of hydrogen-bond acceptors (Lipinski definition) is 8. The molecule has 16 heteroatoms. The lowest BCUT2D eigenvalue weighted by Crippen LogP contribution is -2.52. The van der Waals surface area contributed by atoms with Gasteiger partial charge in [0, 0.05) is 13.0 Å². The maximum Gasteiger partial charge on any atom is 0.322 e. The summed E-state index contributed by atoms with van der Waals surface area (Å²) in [6, 6.07) is 6.64. The third kappa shape index (κ3) is 14.6. The van der Waals surface area contributed by atoms with Crippen molar-refractivity contribution in [2.45, 2.75) is 31.3 Å². The van der Waals surface area contributed by atoms with Crippen molar-refractivity contribution < 1.29 is 33.9 Å². The molecule has 0 radical (unpaired) electrons. The normalized spacial score (nSPS) is 11.7. The van der Waals surface area contributed by atoms with Crippen LogP contribution in [0, 0.1) is 5.41 Å². The van der Waals surface area contributed by atoms with Crippen molar-refractivity contribution in [2.75, 3.05) is 32.7 Å². The SMILES string of the molecule is N=C(N)NCCC[C@H](NC(=O)CN)C(=O)NCC(=O)NCC(=O)N[C@@H](Cc1ccccc1)C(=O)NCC(=O)O. The third-order valence-electron chi connectivity index (χ3n) is 5.04. The first-order chi connectivity index (χ1) is 18.5. The van der Waals surface area contributed by atoms with E-state index in [9.17, 15) is 28.8 Å². The van der Waals surface area contributed by atoms with Crippen LogP contribution in [0.15, 0.2) is 30.3 Å². The number of rotatable bonds is 17. The first kappa shape index (κ1) is 32.3. The molecule has 39 heavy (non-hydrogen) atoms. The van der Waals surface area contributed by atoms with E-state index in [0.29, 0.717) is 12.0 Å². The Labute approximate surface area is 224 Å². The van der Waals surface area contributed by atoms with Crippen LogP contribution < -0.4 is 43.4 Å². The summed E-state index contributed by atoms with van der Waals surface area (Å²) >= 11 is 0. The van der Waals surface area contributed by atoms with E-state index >= 15 is 0 Å². The smallest absolute Gasteiger partial charge is 0.322 e. The highest BCUT2D eigenvalue weighted by Crippen LogP contribution is 2.03. The molecule has 1 rings (SSSR count). The van der Waals surface area contributed by atoms with Crippen LogP contribution in [0.1, 0.15) is 18.4 Å². The van der Waals surface area contributed by atoms with E-state index in [4.69, 9.17) is 22.0 Å². The van der Waals surface area contributed by atoms with Crippen LogP contribution in [-0.2, 0) is 35.2 Å². The van der Waals surface area contributed by atoms with Gasteiger partial charge in [0.25, 0.3) is 0 Å². The number of benzene rings is 1. The number of carboxylic acid groups (broad SMARTS) is 1. The Kier molecular flexibility index (Phi) is 14.6. The molecule has 16 nitrogen and oxygen atoms in total. The van der Waals surface area contributed by atoms with Gasteiger partial charge in [-0.25, -0.2) is 0 Å². The van der Waals surface area contributed by atoms with Crippen molar-refractivity contribution in [1.29, 1.82) is 5.41 Å². The second-order valence-corrected chi connectivity index (χ2v) is 8.22. The van der Waals surface area contributed by atoms with Gasteiger partial charge in [0.05, 0.1) is 19.6 Å². The standard InChI is InChI=1S/C23H35N9O7/c24-10-17(33)31-15(7-4-8-27-23(25)26)21(38)29-11-18(34)28-12-19(35)32-16(22(39)30-13-20(36)37)9-14-5-2-1-3-6-14/h1-3,5-6,15-16H,4,7-13,24H2,(H,28,34)(H,29,38)(H,30,39)(H,31,33)(H,32,35)(H,36,37)(H4,25,26,27)/t15-,16-/m0/s1. The Morgan fingerprint density at radius 3 is 2.00 bits per heavy atom. The largest absolute Gasteiger partial charge is 0.480 e. The molecule has 0 aromatic heterocycles. The van der Waals surface area contributed by atoms with E-state index in [1.165, 1.54) is 0 Å². The number of carboxylic acids is 1. The molecule has 0 heterocycles. The van der Waals surface area contributed by atoms with Crippen molar-refractivity contribution in [3.05, 3.63) is 35.9 Å². The lowest BCUT2D eigenvalue weighted by atomic mass is 10.1. The number of guanidine groups is 1. The molecule has 0 aliphatic rings. The zero-order chi connectivity index (χ0) is 29.2. The Balaban J connectivity index is 2.59. The summed E-state index contributed by atoms with van der Waals surface area (Å²) in [7, 11) is 0. The number of aliphatic carboxylic acids is 1. The fraction of sp³-hybridized carbons (Fsp3) is 0.435. The van der Waals surface area contributed by atoms with Gasteiger partial charge >= 0.3 is 5.97 Å². The van der Waals surface area contributed by atoms with E-state index in [1.807, 2.05) is 0 Å². The van der Waals surface area contributed by atoms with Crippen molar-refractivity contribution in [3.8, 4) is 0 Å². The van der Waals surface area contributed by atoms with Gasteiger partial charge < -0.3 is 48.5 Å². The molecule has 0 bridgehead atoms. The third-order valence-corrected chi connectivity index (χ3v) is 5.04. The summed E-state index contributed by atoms with van der Waals surface area (Å²) in [5, 5.41) is 30.3. The highest BCUT2D eigenvalue weighted by atomic mass is 16.4. The maximum atomic E-state index is 12.5. The Morgan fingerprint density at radius 2 is 1.38 bits per heavy atom. The summed E-state index contributed by atoms with van der Waals surface area (Å²) in [6.45, 7) is -1.70. The first-order valence-corrected chi connectivity index (χ1v) is 12.0. The molecular weight excluding hydrogens is 514 g/mol. The molecule has 0 saturated carbocycles. The zero-order valence-corrected chi connectivity index (χ0v) is 21.2. The molecule has 0 fully saturated rings. The molecule has 0 aliphatic heterocycles. The predicted molar refractivity (Wildman–Crippen MR) is 139 cm³/mol. The van der Waals surface area contributed by atoms with E-state index in [0.717, 1.165) is 0 Å². The van der Waals surface area contributed by atoms with Crippen LogP contribution in [0.3, 0.4) is 0 Å². The number of carbonyl (C=O) groups excluding carboxylic acids is 5. The summed E-state index contributed by atoms with van der Waals surface area (Å²) < 4.78 is 0. The summed E-state index contributed by atoms with van der Waals surface area (Å²) in [4.78, 5) is 71.9. The lowest BCUT2D eigenvalue weighted by molar-refractivity contribution is -0.138. The number of amides is 5. The fourth-order valence-electron chi connectivity index (χ4n) is 3.17. The molecule has 0 aliphatic carbocycles. The van der Waals surface area contributed by atoms with Gasteiger partial charge in [-0.05, 0) is 18.4 Å². The summed E-state index contributed by atoms with van der Waals surface area (Å²) in [6.07, 6.45) is 0.633. The van der Waals surface area contributed by atoms with E-state index in [1.54, 1.807) is 30.3 Å². The molecule has 0 unspecified atom stereocenters. The topological polar surface area (TPSA) is 271 Å². The Morgan fingerprint density at radius 1 is 0.795 bits per heavy atom. The first-order valence-electron chi connectivity index (χ1n) is 12.0. The van der Waals surface area contributed by atoms with Crippen LogP contribution in [-0.4, -0.2) is 91.4 Å². The second kappa shape index (κ2) is 17.7. The molecular formula is C23H35N9O7. The van der Waals surface area contributed by atoms with Gasteiger partial charge in [-0.15, -0.1) is 0 Å². The van der Waals surface area contributed by atoms with E-state index in [-0.39, 0.29) is 31.9 Å². The van der Waals surface area contributed by atoms with Crippen molar-refractivity contribution in [2.24, 2.45) is 11.5 Å². The van der Waals surface area contributed by atoms with Gasteiger partial charge in [0.1, 0.15) is 18.6 Å². The Hall–Kier alpha value is -4.73. The summed E-state index contributed by atoms with van der Waals surface area (Å²) in [5.74, 6) is -4.86. The Bertz CT molecular complexity index is 1020. The molecule has 2 atom stereocenters. The van der Waals surface area contributed by atoms with Crippen LogP contribution in [0.2, 0.25) is 0 Å². The predicted octanol–water partition coefficient (Wildman–Crippen LogP) is -4.15. The molecule has 0 saturated heterocycles. The van der Waals surface area contributed by atoms with Gasteiger partial charge in [-0.1, -0.05) is 30.3 Å². The van der Waals surface area contributed by atoms with E-state index < -0.39 is 67.2 Å². The minimum absolute atomic E-state index is 0.0832. The highest BCUT2D eigenvalue weighted by Gasteiger charge is 2.23. The number of carbonyl (C=O) groups is 6.